The average molecular weight is 332 g/mol. The lowest BCUT2D eigenvalue weighted by Gasteiger charge is -2.09. The largest absolute Gasteiger partial charge is 0.497 e. The lowest BCUT2D eigenvalue weighted by Crippen LogP contribution is -2.29. The molecule has 2 aromatic rings. The lowest BCUT2D eigenvalue weighted by atomic mass is 10.3. The van der Waals surface area contributed by atoms with Gasteiger partial charge in [0.1, 0.15) is 17.6 Å². The summed E-state index contributed by atoms with van der Waals surface area (Å²) in [4.78, 5) is 4.21. The van der Waals surface area contributed by atoms with Crippen LogP contribution in [0, 0.1) is 11.3 Å². The maximum atomic E-state index is 12.1. The van der Waals surface area contributed by atoms with E-state index in [-0.39, 0.29) is 11.4 Å². The molecule has 8 heteroatoms. The van der Waals surface area contributed by atoms with Crippen molar-refractivity contribution in [2.45, 2.75) is 4.90 Å². The highest BCUT2D eigenvalue weighted by atomic mass is 32.2. The summed E-state index contributed by atoms with van der Waals surface area (Å²) in [6.07, 6.45) is 1.45. The van der Waals surface area contributed by atoms with Crippen molar-refractivity contribution in [2.24, 2.45) is 0 Å². The number of aromatic nitrogens is 1. The van der Waals surface area contributed by atoms with Gasteiger partial charge in [-0.15, -0.1) is 0 Å². The van der Waals surface area contributed by atoms with E-state index in [1.165, 1.54) is 25.4 Å². The highest BCUT2D eigenvalue weighted by Crippen LogP contribution is 2.15. The third-order valence-corrected chi connectivity index (χ3v) is 4.46. The average Bonchev–Trinajstić information content (AvgIpc) is 2.59. The van der Waals surface area contributed by atoms with Crippen LogP contribution in [0.4, 0.5) is 5.82 Å². The molecule has 0 saturated carbocycles. The topological polar surface area (TPSA) is 104 Å². The standard InChI is InChI=1S/C15H16N4O3S/c1-22-13-3-5-14(6-4-13)23(20,21)19-9-8-17-15-7-2-12(10-16)11-18-15/h2-7,11,19H,8-9H2,1H3,(H,17,18). The number of anilines is 1. The first-order valence-corrected chi connectivity index (χ1v) is 8.27. The van der Waals surface area contributed by atoms with Crippen molar-refractivity contribution in [2.75, 3.05) is 25.5 Å². The quantitative estimate of drug-likeness (QED) is 0.742. The first-order valence-electron chi connectivity index (χ1n) is 6.79. The van der Waals surface area contributed by atoms with Gasteiger partial charge in [-0.1, -0.05) is 0 Å². The van der Waals surface area contributed by atoms with Crippen molar-refractivity contribution >= 4 is 15.8 Å². The maximum Gasteiger partial charge on any atom is 0.240 e. The molecule has 0 aliphatic rings. The number of hydrogen-bond acceptors (Lipinski definition) is 6. The van der Waals surface area contributed by atoms with E-state index in [0.29, 0.717) is 23.7 Å². The number of rotatable bonds is 7. The second kappa shape index (κ2) is 7.58. The predicted octanol–water partition coefficient (Wildman–Crippen LogP) is 1.35. The molecular formula is C15H16N4O3S. The summed E-state index contributed by atoms with van der Waals surface area (Å²) >= 11 is 0. The molecule has 2 N–H and O–H groups in total. The van der Waals surface area contributed by atoms with Gasteiger partial charge in [-0.2, -0.15) is 5.26 Å². The van der Waals surface area contributed by atoms with Crippen LogP contribution >= 0.6 is 0 Å². The molecule has 0 radical (unpaired) electrons. The number of hydrogen-bond donors (Lipinski definition) is 2. The molecule has 0 aliphatic heterocycles. The summed E-state index contributed by atoms with van der Waals surface area (Å²) in [7, 11) is -2.04. The van der Waals surface area contributed by atoms with Crippen LogP contribution in [0.5, 0.6) is 5.75 Å². The van der Waals surface area contributed by atoms with E-state index in [1.807, 2.05) is 6.07 Å². The van der Waals surface area contributed by atoms with Crippen LogP contribution in [0.25, 0.3) is 0 Å². The number of nitrogens with zero attached hydrogens (tertiary/aromatic N) is 2. The number of ether oxygens (including phenoxy) is 1. The van der Waals surface area contributed by atoms with E-state index in [1.54, 1.807) is 24.3 Å². The van der Waals surface area contributed by atoms with Gasteiger partial charge in [0.15, 0.2) is 0 Å². The van der Waals surface area contributed by atoms with E-state index in [4.69, 9.17) is 10.00 Å². The van der Waals surface area contributed by atoms with Crippen LogP contribution in [0.1, 0.15) is 5.56 Å². The SMILES string of the molecule is COc1ccc(S(=O)(=O)NCCNc2ccc(C#N)cn2)cc1. The summed E-state index contributed by atoms with van der Waals surface area (Å²) < 4.78 is 31.7. The van der Waals surface area contributed by atoms with E-state index in [2.05, 4.69) is 15.0 Å². The molecule has 0 unspecified atom stereocenters. The molecule has 0 bridgehead atoms. The molecule has 1 aromatic heterocycles. The Morgan fingerprint density at radius 1 is 1.17 bits per heavy atom. The molecule has 2 rings (SSSR count). The molecule has 1 aromatic carbocycles. The van der Waals surface area contributed by atoms with Crippen molar-refractivity contribution in [3.63, 3.8) is 0 Å². The molecule has 23 heavy (non-hydrogen) atoms. The Hall–Kier alpha value is -2.63. The van der Waals surface area contributed by atoms with Gasteiger partial charge in [0.25, 0.3) is 0 Å². The zero-order valence-corrected chi connectivity index (χ0v) is 13.3. The summed E-state index contributed by atoms with van der Waals surface area (Å²) in [6, 6.07) is 11.4. The molecule has 0 saturated heterocycles. The summed E-state index contributed by atoms with van der Waals surface area (Å²) in [5.41, 5.74) is 0.468. The minimum Gasteiger partial charge on any atom is -0.497 e. The van der Waals surface area contributed by atoms with Crippen LogP contribution in [-0.2, 0) is 10.0 Å². The number of benzene rings is 1. The molecular weight excluding hydrogens is 316 g/mol. The number of nitrogens with one attached hydrogen (secondary N) is 2. The van der Waals surface area contributed by atoms with Crippen molar-refractivity contribution in [1.82, 2.24) is 9.71 Å². The van der Waals surface area contributed by atoms with Gasteiger partial charge in [0.2, 0.25) is 10.0 Å². The molecule has 0 fully saturated rings. The fourth-order valence-corrected chi connectivity index (χ4v) is 2.81. The van der Waals surface area contributed by atoms with E-state index in [0.717, 1.165) is 0 Å². The van der Waals surface area contributed by atoms with Crippen LogP contribution in [-0.4, -0.2) is 33.6 Å². The second-order valence-electron chi connectivity index (χ2n) is 4.54. The molecule has 0 aliphatic carbocycles. The Balaban J connectivity index is 1.85. The fraction of sp³-hybridized carbons (Fsp3) is 0.200. The Bertz CT molecular complexity index is 781. The lowest BCUT2D eigenvalue weighted by molar-refractivity contribution is 0.414. The third-order valence-electron chi connectivity index (χ3n) is 2.99. The fourth-order valence-electron chi connectivity index (χ4n) is 1.78. The van der Waals surface area contributed by atoms with E-state index < -0.39 is 10.0 Å². The second-order valence-corrected chi connectivity index (χ2v) is 6.31. The number of pyridine rings is 1. The van der Waals surface area contributed by atoms with E-state index >= 15 is 0 Å². The van der Waals surface area contributed by atoms with Crippen molar-refractivity contribution < 1.29 is 13.2 Å². The van der Waals surface area contributed by atoms with Gasteiger partial charge in [-0.25, -0.2) is 18.1 Å². The van der Waals surface area contributed by atoms with Crippen LogP contribution in [0.2, 0.25) is 0 Å². The molecule has 120 valence electrons. The highest BCUT2D eigenvalue weighted by Gasteiger charge is 2.12. The van der Waals surface area contributed by atoms with Gasteiger partial charge in [0, 0.05) is 19.3 Å². The highest BCUT2D eigenvalue weighted by molar-refractivity contribution is 7.89. The van der Waals surface area contributed by atoms with Gasteiger partial charge >= 0.3 is 0 Å². The molecule has 0 atom stereocenters. The smallest absolute Gasteiger partial charge is 0.240 e. The van der Waals surface area contributed by atoms with Crippen LogP contribution < -0.4 is 14.8 Å². The van der Waals surface area contributed by atoms with Gasteiger partial charge in [0.05, 0.1) is 17.6 Å². The predicted molar refractivity (Wildman–Crippen MR) is 85.6 cm³/mol. The minimum absolute atomic E-state index is 0.176. The Labute approximate surface area is 135 Å². The summed E-state index contributed by atoms with van der Waals surface area (Å²) in [6.45, 7) is 0.574. The normalized spacial score (nSPS) is 10.8. The van der Waals surface area contributed by atoms with Gasteiger partial charge in [-0.05, 0) is 36.4 Å². The van der Waals surface area contributed by atoms with Crippen LogP contribution in [0.15, 0.2) is 47.5 Å². The molecule has 1 heterocycles. The molecule has 7 nitrogen and oxygen atoms in total. The monoisotopic (exact) mass is 332 g/mol. The Morgan fingerprint density at radius 2 is 1.91 bits per heavy atom. The van der Waals surface area contributed by atoms with Gasteiger partial charge in [-0.3, -0.25) is 0 Å². The Kier molecular flexibility index (Phi) is 5.51. The first kappa shape index (κ1) is 16.7. The minimum atomic E-state index is -3.56. The van der Waals surface area contributed by atoms with Crippen molar-refractivity contribution in [3.05, 3.63) is 48.2 Å². The molecule has 0 amide bonds. The first-order chi connectivity index (χ1) is 11.0. The Morgan fingerprint density at radius 3 is 2.48 bits per heavy atom. The number of sulfonamides is 1. The van der Waals surface area contributed by atoms with Crippen molar-refractivity contribution in [3.8, 4) is 11.8 Å². The number of methoxy groups -OCH3 is 1. The third kappa shape index (κ3) is 4.67. The van der Waals surface area contributed by atoms with Crippen molar-refractivity contribution in [1.29, 1.82) is 5.26 Å². The number of nitriles is 1. The molecule has 0 spiro atoms. The summed E-state index contributed by atoms with van der Waals surface area (Å²) in [5.74, 6) is 1.17. The zero-order chi connectivity index (χ0) is 16.7. The van der Waals surface area contributed by atoms with Gasteiger partial charge < -0.3 is 10.1 Å². The van der Waals surface area contributed by atoms with E-state index in [9.17, 15) is 8.42 Å². The maximum absolute atomic E-state index is 12.1. The summed E-state index contributed by atoms with van der Waals surface area (Å²) in [5, 5.41) is 11.6. The van der Waals surface area contributed by atoms with Crippen LogP contribution in [0.3, 0.4) is 0 Å². The zero-order valence-electron chi connectivity index (χ0n) is 12.5.